The molecule has 3 rings (SSSR count). The predicted molar refractivity (Wildman–Crippen MR) is 85.2 cm³/mol. The number of likely N-dealkylation sites (N-methyl/N-ethyl adjacent to an activating group) is 1. The third kappa shape index (κ3) is 2.55. The molecule has 4 amide bonds. The molecule has 2 aliphatic heterocycles. The number of benzene rings is 1. The largest absolute Gasteiger partial charge is 0.342 e. The number of rotatable bonds is 3. The topological polar surface area (TPSA) is 78.0 Å². The molecule has 2 heterocycles. The molecule has 1 saturated heterocycles. The molecule has 0 aromatic heterocycles. The first-order chi connectivity index (χ1) is 11.4. The Hall–Kier alpha value is -2.70. The van der Waals surface area contributed by atoms with E-state index in [0.29, 0.717) is 24.2 Å². The summed E-state index contributed by atoms with van der Waals surface area (Å²) in [4.78, 5) is 53.1. The predicted octanol–water partition coefficient (Wildman–Crippen LogP) is 0.362. The van der Waals surface area contributed by atoms with Crippen LogP contribution >= 0.6 is 0 Å². The molecule has 0 N–H and O–H groups in total. The Morgan fingerprint density at radius 1 is 1.08 bits per heavy atom. The van der Waals surface area contributed by atoms with Crippen LogP contribution in [0.1, 0.15) is 34.1 Å². The highest BCUT2D eigenvalue weighted by atomic mass is 16.2. The van der Waals surface area contributed by atoms with Gasteiger partial charge in [-0.3, -0.25) is 24.1 Å². The highest BCUT2D eigenvalue weighted by Gasteiger charge is 2.37. The molecule has 7 heteroatoms. The minimum atomic E-state index is -0.515. The summed E-state index contributed by atoms with van der Waals surface area (Å²) in [6, 6.07) is 6.11. The Bertz CT molecular complexity index is 695. The molecule has 24 heavy (non-hydrogen) atoms. The number of carbonyl (C=O) groups excluding carboxylic acids is 4. The highest BCUT2D eigenvalue weighted by molar-refractivity contribution is 6.21. The second kappa shape index (κ2) is 6.07. The van der Waals surface area contributed by atoms with E-state index in [4.69, 9.17) is 0 Å². The smallest absolute Gasteiger partial charge is 0.261 e. The van der Waals surface area contributed by atoms with Crippen LogP contribution in [0.15, 0.2) is 24.3 Å². The van der Waals surface area contributed by atoms with Crippen molar-refractivity contribution in [1.82, 2.24) is 14.7 Å². The molecule has 1 atom stereocenters. The van der Waals surface area contributed by atoms with E-state index < -0.39 is 6.04 Å². The fourth-order valence-corrected chi connectivity index (χ4v) is 3.15. The van der Waals surface area contributed by atoms with Gasteiger partial charge in [0.2, 0.25) is 11.8 Å². The van der Waals surface area contributed by atoms with E-state index >= 15 is 0 Å². The molecule has 1 aromatic rings. The molecule has 0 radical (unpaired) electrons. The maximum Gasteiger partial charge on any atom is 0.261 e. The second-order valence-corrected chi connectivity index (χ2v) is 6.08. The van der Waals surface area contributed by atoms with Gasteiger partial charge >= 0.3 is 0 Å². The minimum absolute atomic E-state index is 0.0206. The van der Waals surface area contributed by atoms with Crippen LogP contribution in [-0.4, -0.2) is 71.1 Å². The van der Waals surface area contributed by atoms with Crippen LogP contribution in [0.2, 0.25) is 0 Å². The minimum Gasteiger partial charge on any atom is -0.342 e. The number of carbonyl (C=O) groups is 4. The van der Waals surface area contributed by atoms with Gasteiger partial charge < -0.3 is 9.80 Å². The number of nitrogens with zero attached hydrogens (tertiary/aromatic N) is 3. The second-order valence-electron chi connectivity index (χ2n) is 6.08. The fraction of sp³-hybridized carbons (Fsp3) is 0.412. The standard InChI is InChI=1S/C17H19N3O4/c1-11-15(22)18(2)9-10-19(11)14(21)7-8-20-16(23)12-5-3-4-6-13(12)17(20)24/h3-6,11H,7-10H2,1-2H3. The zero-order valence-electron chi connectivity index (χ0n) is 13.7. The van der Waals surface area contributed by atoms with E-state index in [0.717, 1.165) is 4.90 Å². The van der Waals surface area contributed by atoms with E-state index in [2.05, 4.69) is 0 Å². The van der Waals surface area contributed by atoms with Crippen molar-refractivity contribution in [2.24, 2.45) is 0 Å². The Balaban J connectivity index is 1.65. The molecule has 1 unspecified atom stereocenters. The number of hydrogen-bond donors (Lipinski definition) is 0. The third-order valence-electron chi connectivity index (χ3n) is 4.63. The summed E-state index contributed by atoms with van der Waals surface area (Å²) in [5.41, 5.74) is 0.746. The molecule has 0 spiro atoms. The van der Waals surface area contributed by atoms with Crippen molar-refractivity contribution < 1.29 is 19.2 Å². The maximum atomic E-state index is 12.4. The summed E-state index contributed by atoms with van der Waals surface area (Å²) in [7, 11) is 1.71. The first kappa shape index (κ1) is 16.2. The molecular weight excluding hydrogens is 310 g/mol. The number of fused-ring (bicyclic) bond motifs is 1. The molecule has 1 aromatic carbocycles. The van der Waals surface area contributed by atoms with E-state index in [1.165, 1.54) is 4.90 Å². The van der Waals surface area contributed by atoms with Gasteiger partial charge in [-0.1, -0.05) is 12.1 Å². The average molecular weight is 329 g/mol. The van der Waals surface area contributed by atoms with Gasteiger partial charge in [-0.2, -0.15) is 0 Å². The Labute approximate surface area is 139 Å². The first-order valence-corrected chi connectivity index (χ1v) is 7.91. The normalized spacial score (nSPS) is 20.7. The lowest BCUT2D eigenvalue weighted by molar-refractivity contribution is -0.149. The van der Waals surface area contributed by atoms with Gasteiger partial charge in [0.05, 0.1) is 11.1 Å². The molecule has 0 saturated carbocycles. The lowest BCUT2D eigenvalue weighted by atomic mass is 10.1. The zero-order valence-corrected chi connectivity index (χ0v) is 13.7. The van der Waals surface area contributed by atoms with Crippen molar-refractivity contribution in [1.29, 1.82) is 0 Å². The molecule has 126 valence electrons. The molecule has 7 nitrogen and oxygen atoms in total. The van der Waals surface area contributed by atoms with Crippen molar-refractivity contribution >= 4 is 23.6 Å². The van der Waals surface area contributed by atoms with E-state index in [1.54, 1.807) is 43.1 Å². The maximum absolute atomic E-state index is 12.4. The molecule has 0 aliphatic carbocycles. The summed E-state index contributed by atoms with van der Waals surface area (Å²) in [5.74, 6) is -1.06. The Morgan fingerprint density at radius 2 is 1.67 bits per heavy atom. The van der Waals surface area contributed by atoms with Gasteiger partial charge in [0, 0.05) is 33.1 Å². The number of imide groups is 1. The number of amides is 4. The summed E-state index contributed by atoms with van der Waals surface area (Å²) in [6.45, 7) is 2.67. The van der Waals surface area contributed by atoms with Crippen LogP contribution in [0.25, 0.3) is 0 Å². The fourth-order valence-electron chi connectivity index (χ4n) is 3.15. The van der Waals surface area contributed by atoms with Crippen LogP contribution < -0.4 is 0 Å². The number of hydrogen-bond acceptors (Lipinski definition) is 4. The van der Waals surface area contributed by atoms with Crippen LogP contribution in [-0.2, 0) is 9.59 Å². The van der Waals surface area contributed by atoms with Crippen molar-refractivity contribution in [3.63, 3.8) is 0 Å². The summed E-state index contributed by atoms with van der Waals surface area (Å²) in [5, 5.41) is 0. The van der Waals surface area contributed by atoms with Gasteiger partial charge in [-0.25, -0.2) is 0 Å². The summed E-state index contributed by atoms with van der Waals surface area (Å²) < 4.78 is 0. The lowest BCUT2D eigenvalue weighted by Gasteiger charge is -2.37. The Morgan fingerprint density at radius 3 is 2.25 bits per heavy atom. The van der Waals surface area contributed by atoms with Crippen molar-refractivity contribution in [3.8, 4) is 0 Å². The zero-order chi connectivity index (χ0) is 17.4. The van der Waals surface area contributed by atoms with Crippen LogP contribution in [0.3, 0.4) is 0 Å². The van der Waals surface area contributed by atoms with Crippen LogP contribution in [0.5, 0.6) is 0 Å². The van der Waals surface area contributed by atoms with Gasteiger partial charge in [0.15, 0.2) is 0 Å². The van der Waals surface area contributed by atoms with Crippen LogP contribution in [0.4, 0.5) is 0 Å². The van der Waals surface area contributed by atoms with Crippen molar-refractivity contribution in [3.05, 3.63) is 35.4 Å². The SMILES string of the molecule is CC1C(=O)N(C)CCN1C(=O)CCN1C(=O)c2ccccc2C1=O. The third-order valence-corrected chi connectivity index (χ3v) is 4.63. The lowest BCUT2D eigenvalue weighted by Crippen LogP contribution is -2.56. The van der Waals surface area contributed by atoms with Gasteiger partial charge in [-0.15, -0.1) is 0 Å². The van der Waals surface area contributed by atoms with Gasteiger partial charge in [0.25, 0.3) is 11.8 Å². The Kier molecular flexibility index (Phi) is 4.09. The quantitative estimate of drug-likeness (QED) is 0.750. The molecule has 1 fully saturated rings. The monoisotopic (exact) mass is 329 g/mol. The molecule has 2 aliphatic rings. The molecule has 0 bridgehead atoms. The summed E-state index contributed by atoms with van der Waals surface area (Å²) >= 11 is 0. The first-order valence-electron chi connectivity index (χ1n) is 7.91. The molecular formula is C17H19N3O4. The average Bonchev–Trinajstić information content (AvgIpc) is 2.82. The van der Waals surface area contributed by atoms with Gasteiger partial charge in [0.1, 0.15) is 6.04 Å². The highest BCUT2D eigenvalue weighted by Crippen LogP contribution is 2.22. The summed E-state index contributed by atoms with van der Waals surface area (Å²) in [6.07, 6.45) is 0.0206. The van der Waals surface area contributed by atoms with Crippen molar-refractivity contribution in [2.75, 3.05) is 26.7 Å². The number of piperazine rings is 1. The van der Waals surface area contributed by atoms with E-state index in [9.17, 15) is 19.2 Å². The van der Waals surface area contributed by atoms with E-state index in [-0.39, 0.29) is 36.6 Å². The van der Waals surface area contributed by atoms with Crippen LogP contribution in [0, 0.1) is 0 Å². The van der Waals surface area contributed by atoms with E-state index in [1.807, 2.05) is 0 Å². The van der Waals surface area contributed by atoms with Crippen molar-refractivity contribution in [2.45, 2.75) is 19.4 Å². The van der Waals surface area contributed by atoms with Gasteiger partial charge in [-0.05, 0) is 19.1 Å².